The molecule has 0 amide bonds. The number of methoxy groups -OCH3 is 1. The third-order valence-electron chi connectivity index (χ3n) is 3.37. The van der Waals surface area contributed by atoms with Gasteiger partial charge in [-0.05, 0) is 18.9 Å². The fourth-order valence-electron chi connectivity index (χ4n) is 2.36. The second-order valence-electron chi connectivity index (χ2n) is 4.27. The fourth-order valence-corrected chi connectivity index (χ4v) is 2.36. The largest absolute Gasteiger partial charge is 0.373 e. The van der Waals surface area contributed by atoms with Gasteiger partial charge < -0.3 is 10.1 Å². The van der Waals surface area contributed by atoms with Gasteiger partial charge in [-0.2, -0.15) is 0 Å². The molecule has 1 heterocycles. The van der Waals surface area contributed by atoms with Crippen molar-refractivity contribution in [2.45, 2.75) is 37.7 Å². The third kappa shape index (κ3) is 2.02. The molecule has 1 aliphatic rings. The Labute approximate surface area is 96.4 Å². The Morgan fingerprint density at radius 3 is 2.69 bits per heavy atom. The molecule has 1 aliphatic carbocycles. The maximum atomic E-state index is 5.71. The van der Waals surface area contributed by atoms with Gasteiger partial charge in [0.2, 0.25) is 0 Å². The van der Waals surface area contributed by atoms with Crippen LogP contribution in [-0.4, -0.2) is 24.1 Å². The van der Waals surface area contributed by atoms with Crippen LogP contribution in [0.5, 0.6) is 0 Å². The van der Waals surface area contributed by atoms with E-state index in [-0.39, 0.29) is 5.60 Å². The molecular weight excluding hydrogens is 202 g/mol. The second kappa shape index (κ2) is 4.78. The molecule has 1 N–H and O–H groups in total. The van der Waals surface area contributed by atoms with Gasteiger partial charge in [0.05, 0.1) is 0 Å². The molecule has 0 aliphatic heterocycles. The predicted octanol–water partition coefficient (Wildman–Crippen LogP) is 2.32. The van der Waals surface area contributed by atoms with E-state index in [4.69, 9.17) is 4.74 Å². The minimum Gasteiger partial charge on any atom is -0.373 e. The molecule has 1 aromatic heterocycles. The van der Waals surface area contributed by atoms with Crippen LogP contribution in [0.2, 0.25) is 0 Å². The Bertz CT molecular complexity index is 348. The number of anilines is 1. The first-order valence-corrected chi connectivity index (χ1v) is 5.87. The van der Waals surface area contributed by atoms with Crippen LogP contribution in [-0.2, 0) is 10.3 Å². The summed E-state index contributed by atoms with van der Waals surface area (Å²) in [7, 11) is 3.63. The number of ether oxygens (including phenoxy) is 1. The molecule has 0 spiro atoms. The lowest BCUT2D eigenvalue weighted by molar-refractivity contribution is -0.0514. The monoisotopic (exact) mass is 221 g/mol. The summed E-state index contributed by atoms with van der Waals surface area (Å²) < 4.78 is 5.71. The highest BCUT2D eigenvalue weighted by molar-refractivity contribution is 5.32. The van der Waals surface area contributed by atoms with E-state index < -0.39 is 0 Å². The quantitative estimate of drug-likeness (QED) is 0.851. The summed E-state index contributed by atoms with van der Waals surface area (Å²) in [5.41, 5.74) is -0.259. The van der Waals surface area contributed by atoms with Crippen LogP contribution in [0, 0.1) is 0 Å². The van der Waals surface area contributed by atoms with Gasteiger partial charge in [0.15, 0.2) is 5.82 Å². The average Bonchev–Trinajstić information content (AvgIpc) is 2.39. The van der Waals surface area contributed by atoms with E-state index in [1.807, 2.05) is 13.1 Å². The van der Waals surface area contributed by atoms with Gasteiger partial charge in [0.25, 0.3) is 0 Å². The second-order valence-corrected chi connectivity index (χ2v) is 4.27. The van der Waals surface area contributed by atoms with Crippen molar-refractivity contribution >= 4 is 5.82 Å². The number of hydrogen-bond acceptors (Lipinski definition) is 4. The highest BCUT2D eigenvalue weighted by Crippen LogP contribution is 2.38. The molecular formula is C12H19N3O. The first-order chi connectivity index (χ1) is 7.80. The number of nitrogens with one attached hydrogen (secondary N) is 1. The Morgan fingerprint density at radius 2 is 2.06 bits per heavy atom. The molecule has 1 aromatic rings. The molecule has 2 rings (SSSR count). The molecule has 1 fully saturated rings. The summed E-state index contributed by atoms with van der Waals surface area (Å²) in [5.74, 6) is 1.67. The first-order valence-electron chi connectivity index (χ1n) is 5.87. The number of aromatic nitrogens is 2. The van der Waals surface area contributed by atoms with Gasteiger partial charge in [0, 0.05) is 20.4 Å². The molecule has 1 saturated carbocycles. The van der Waals surface area contributed by atoms with E-state index in [2.05, 4.69) is 15.3 Å². The summed E-state index contributed by atoms with van der Waals surface area (Å²) in [6.07, 6.45) is 7.52. The highest BCUT2D eigenvalue weighted by Gasteiger charge is 2.36. The average molecular weight is 221 g/mol. The standard InChI is InChI=1S/C12H19N3O/c1-13-10-6-9-14-11(15-10)12(16-2)7-4-3-5-8-12/h6,9H,3-5,7-8H2,1-2H3,(H,13,14,15). The molecule has 0 aromatic carbocycles. The summed E-state index contributed by atoms with van der Waals surface area (Å²) in [6.45, 7) is 0. The van der Waals surface area contributed by atoms with Crippen LogP contribution in [0.3, 0.4) is 0 Å². The van der Waals surface area contributed by atoms with Crippen molar-refractivity contribution in [2.24, 2.45) is 0 Å². The number of hydrogen-bond donors (Lipinski definition) is 1. The molecule has 0 bridgehead atoms. The Hall–Kier alpha value is -1.16. The van der Waals surface area contributed by atoms with Crippen molar-refractivity contribution in [1.82, 2.24) is 9.97 Å². The van der Waals surface area contributed by atoms with Gasteiger partial charge in [-0.3, -0.25) is 0 Å². The zero-order valence-electron chi connectivity index (χ0n) is 9.99. The molecule has 0 radical (unpaired) electrons. The number of nitrogens with zero attached hydrogens (tertiary/aromatic N) is 2. The van der Waals surface area contributed by atoms with Crippen LogP contribution in [0.4, 0.5) is 5.82 Å². The lowest BCUT2D eigenvalue weighted by Gasteiger charge is -2.34. The molecule has 16 heavy (non-hydrogen) atoms. The van der Waals surface area contributed by atoms with Crippen LogP contribution >= 0.6 is 0 Å². The normalized spacial score (nSPS) is 19.4. The van der Waals surface area contributed by atoms with Crippen molar-refractivity contribution in [2.75, 3.05) is 19.5 Å². The van der Waals surface area contributed by atoms with E-state index in [1.54, 1.807) is 13.3 Å². The summed E-state index contributed by atoms with van der Waals surface area (Å²) in [4.78, 5) is 8.89. The molecule has 0 unspecified atom stereocenters. The van der Waals surface area contributed by atoms with E-state index in [0.29, 0.717) is 0 Å². The zero-order valence-corrected chi connectivity index (χ0v) is 9.99. The lowest BCUT2D eigenvalue weighted by atomic mass is 9.84. The molecule has 0 atom stereocenters. The summed E-state index contributed by atoms with van der Waals surface area (Å²) in [5, 5.41) is 3.04. The highest BCUT2D eigenvalue weighted by atomic mass is 16.5. The Morgan fingerprint density at radius 1 is 1.31 bits per heavy atom. The molecule has 4 nitrogen and oxygen atoms in total. The minimum atomic E-state index is -0.259. The molecule has 88 valence electrons. The van der Waals surface area contributed by atoms with Gasteiger partial charge in [-0.25, -0.2) is 9.97 Å². The van der Waals surface area contributed by atoms with Crippen molar-refractivity contribution in [3.05, 3.63) is 18.1 Å². The van der Waals surface area contributed by atoms with Crippen LogP contribution < -0.4 is 5.32 Å². The van der Waals surface area contributed by atoms with E-state index in [0.717, 1.165) is 24.5 Å². The minimum absolute atomic E-state index is 0.259. The topological polar surface area (TPSA) is 47.0 Å². The number of rotatable bonds is 3. The van der Waals surface area contributed by atoms with Crippen molar-refractivity contribution in [1.29, 1.82) is 0 Å². The van der Waals surface area contributed by atoms with E-state index in [1.165, 1.54) is 19.3 Å². The van der Waals surface area contributed by atoms with Gasteiger partial charge in [-0.1, -0.05) is 19.3 Å². The molecule has 4 heteroatoms. The van der Waals surface area contributed by atoms with Crippen molar-refractivity contribution in [3.63, 3.8) is 0 Å². The maximum absolute atomic E-state index is 5.71. The SMILES string of the molecule is CNc1ccnc(C2(OC)CCCCC2)n1. The fraction of sp³-hybridized carbons (Fsp3) is 0.667. The lowest BCUT2D eigenvalue weighted by Crippen LogP contribution is -2.33. The van der Waals surface area contributed by atoms with Gasteiger partial charge >= 0.3 is 0 Å². The van der Waals surface area contributed by atoms with E-state index in [9.17, 15) is 0 Å². The molecule has 0 saturated heterocycles. The van der Waals surface area contributed by atoms with Crippen LogP contribution in [0.25, 0.3) is 0 Å². The van der Waals surface area contributed by atoms with Crippen LogP contribution in [0.15, 0.2) is 12.3 Å². The first kappa shape index (κ1) is 11.3. The third-order valence-corrected chi connectivity index (χ3v) is 3.37. The predicted molar refractivity (Wildman–Crippen MR) is 63.4 cm³/mol. The van der Waals surface area contributed by atoms with E-state index >= 15 is 0 Å². The smallest absolute Gasteiger partial charge is 0.162 e. The van der Waals surface area contributed by atoms with Gasteiger partial charge in [-0.15, -0.1) is 0 Å². The van der Waals surface area contributed by atoms with Crippen molar-refractivity contribution in [3.8, 4) is 0 Å². The Kier molecular flexibility index (Phi) is 3.39. The maximum Gasteiger partial charge on any atom is 0.162 e. The van der Waals surface area contributed by atoms with Gasteiger partial charge in [0.1, 0.15) is 11.4 Å². The van der Waals surface area contributed by atoms with Crippen molar-refractivity contribution < 1.29 is 4.74 Å². The summed E-state index contributed by atoms with van der Waals surface area (Å²) in [6, 6.07) is 1.87. The Balaban J connectivity index is 2.31. The van der Waals surface area contributed by atoms with Crippen LogP contribution in [0.1, 0.15) is 37.9 Å². The summed E-state index contributed by atoms with van der Waals surface area (Å²) >= 11 is 0. The zero-order chi connectivity index (χ0) is 11.4.